The Morgan fingerprint density at radius 2 is 2.17 bits per heavy atom. The number of carbonyl (C=O) groups excluding carboxylic acids is 1. The van der Waals surface area contributed by atoms with Gasteiger partial charge in [-0.2, -0.15) is 0 Å². The number of hydrogen-bond donors (Lipinski definition) is 0. The molecule has 0 amide bonds. The molecule has 0 atom stereocenters. The van der Waals surface area contributed by atoms with E-state index in [0.717, 1.165) is 0 Å². The van der Waals surface area contributed by atoms with Crippen molar-refractivity contribution in [2.45, 2.75) is 6.92 Å². The summed E-state index contributed by atoms with van der Waals surface area (Å²) in [5.74, 6) is -0.0671. The minimum atomic E-state index is -2.49. The lowest BCUT2D eigenvalue weighted by molar-refractivity contribution is 0.104. The molecule has 0 bridgehead atoms. The van der Waals surface area contributed by atoms with E-state index in [4.69, 9.17) is 4.42 Å². The van der Waals surface area contributed by atoms with E-state index >= 15 is 0 Å². The third-order valence-corrected chi connectivity index (χ3v) is 2.31. The Morgan fingerprint density at radius 1 is 1.58 bits per heavy atom. The smallest absolute Gasteiger partial charge is 0.419 e. The highest BCUT2D eigenvalue weighted by molar-refractivity contribution is 8.15. The van der Waals surface area contributed by atoms with Crippen molar-refractivity contribution in [1.82, 2.24) is 4.98 Å². The molecule has 1 aromatic heterocycles. The molecule has 0 fully saturated rings. The van der Waals surface area contributed by atoms with Crippen LogP contribution in [0.5, 0.6) is 0 Å². The molecule has 5 heteroatoms. The van der Waals surface area contributed by atoms with Crippen molar-refractivity contribution in [2.75, 3.05) is 12.5 Å². The maximum atomic E-state index is 11.2. The molecule has 0 spiro atoms. The molecule has 1 heterocycles. The van der Waals surface area contributed by atoms with E-state index in [1.54, 1.807) is 6.92 Å². The van der Waals surface area contributed by atoms with Crippen LogP contribution in [0.3, 0.4) is 0 Å². The summed E-state index contributed by atoms with van der Waals surface area (Å²) in [5.41, 5.74) is 0.613. The molecule has 4 nitrogen and oxygen atoms in total. The first kappa shape index (κ1) is 9.12. The molecule has 1 aromatic rings. The second kappa shape index (κ2) is 2.82. The number of oxazole rings is 1. The largest absolute Gasteiger partial charge is 0.438 e. The monoisotopic (exact) mass is 188 g/mol. The van der Waals surface area contributed by atoms with Crippen molar-refractivity contribution in [3.63, 3.8) is 0 Å². The maximum absolute atomic E-state index is 11.2. The minimum absolute atomic E-state index is 0.0671. The van der Waals surface area contributed by atoms with Gasteiger partial charge >= 0.3 is 11.0 Å². The van der Waals surface area contributed by atoms with Crippen LogP contribution in [0.25, 0.3) is 0 Å². The molecule has 1 rings (SSSR count). The summed E-state index contributed by atoms with van der Waals surface area (Å²) in [7, 11) is -2.49. The van der Waals surface area contributed by atoms with Crippen molar-refractivity contribution in [3.8, 4) is 0 Å². The van der Waals surface area contributed by atoms with Gasteiger partial charge in [0.05, 0.1) is 5.69 Å². The van der Waals surface area contributed by atoms with Gasteiger partial charge in [-0.3, -0.25) is 0 Å². The van der Waals surface area contributed by atoms with Gasteiger partial charge in [0.15, 0.2) is 9.93 Å². The number of hydrogen-bond acceptors (Lipinski definition) is 4. The van der Waals surface area contributed by atoms with Crippen molar-refractivity contribution in [2.24, 2.45) is 0 Å². The Balaban J connectivity index is 3.01. The van der Waals surface area contributed by atoms with E-state index in [0.29, 0.717) is 5.69 Å². The number of rotatable bonds is 1. The molecule has 12 heavy (non-hydrogen) atoms. The molecular weight excluding hydrogens is 178 g/mol. The molecule has 0 aliphatic carbocycles. The Kier molecular flexibility index (Phi) is 2.14. The molecule has 66 valence electrons. The van der Waals surface area contributed by atoms with Crippen molar-refractivity contribution in [3.05, 3.63) is 17.8 Å². The maximum Gasteiger partial charge on any atom is 0.419 e. The van der Waals surface area contributed by atoms with Crippen LogP contribution >= 0.6 is 0 Å². The summed E-state index contributed by atoms with van der Waals surface area (Å²) in [6.45, 7) is 1.70. The van der Waals surface area contributed by atoms with Gasteiger partial charge in [0.1, 0.15) is 18.8 Å². The second-order valence-corrected chi connectivity index (χ2v) is 5.65. The topological polar surface area (TPSA) is 60.2 Å². The quantitative estimate of drug-likeness (QED) is 0.614. The highest BCUT2D eigenvalue weighted by atomic mass is 32.2. The van der Waals surface area contributed by atoms with Gasteiger partial charge in [0.25, 0.3) is 0 Å². The van der Waals surface area contributed by atoms with E-state index in [2.05, 4.69) is 4.98 Å². The zero-order valence-corrected chi connectivity index (χ0v) is 7.97. The van der Waals surface area contributed by atoms with Gasteiger partial charge in [-0.25, -0.2) is 9.78 Å². The first-order valence-electron chi connectivity index (χ1n) is 3.32. The average molecular weight is 188 g/mol. The van der Waals surface area contributed by atoms with Crippen LogP contribution in [0, 0.1) is 6.92 Å². The van der Waals surface area contributed by atoms with Crippen LogP contribution in [0.15, 0.2) is 10.7 Å². The summed E-state index contributed by atoms with van der Waals surface area (Å²) in [5, 5.41) is -0.532. The predicted molar refractivity (Wildman–Crippen MR) is 45.5 cm³/mol. The van der Waals surface area contributed by atoms with Crippen LogP contribution < -0.4 is 0 Å². The summed E-state index contributed by atoms with van der Waals surface area (Å²) in [6.07, 6.45) is 4.10. The van der Waals surface area contributed by atoms with Crippen molar-refractivity contribution >= 4 is 15.0 Å². The lowest BCUT2D eigenvalue weighted by Crippen LogP contribution is -2.19. The standard InChI is InChI=1S/C7H10NO3S/c1-5-4-11-6(8-5)7(9)12(2,3)10/h4H,1-3H3/q+1. The van der Waals surface area contributed by atoms with E-state index in [1.165, 1.54) is 18.8 Å². The zero-order chi connectivity index (χ0) is 9.35. The van der Waals surface area contributed by atoms with Gasteiger partial charge in [-0.15, -0.1) is 0 Å². The number of aromatic nitrogens is 1. The molecule has 0 aliphatic rings. The van der Waals surface area contributed by atoms with Crippen molar-refractivity contribution < 1.29 is 13.4 Å². The zero-order valence-electron chi connectivity index (χ0n) is 7.16. The summed E-state index contributed by atoms with van der Waals surface area (Å²) < 4.78 is 16.1. The predicted octanol–water partition coefficient (Wildman–Crippen LogP) is 0.882. The summed E-state index contributed by atoms with van der Waals surface area (Å²) >= 11 is 0. The van der Waals surface area contributed by atoms with E-state index < -0.39 is 15.0 Å². The Hall–Kier alpha value is -0.970. The molecule has 0 aliphatic heterocycles. The fourth-order valence-electron chi connectivity index (χ4n) is 0.658. The minimum Gasteiger partial charge on any atom is -0.438 e. The van der Waals surface area contributed by atoms with Gasteiger partial charge in [0, 0.05) is 0 Å². The first-order chi connectivity index (χ1) is 5.41. The highest BCUT2D eigenvalue weighted by Gasteiger charge is 2.32. The summed E-state index contributed by atoms with van der Waals surface area (Å²) in [4.78, 5) is 15.0. The second-order valence-electron chi connectivity index (χ2n) is 2.81. The van der Waals surface area contributed by atoms with Crippen LogP contribution in [0.1, 0.15) is 16.4 Å². The molecule has 0 N–H and O–H groups in total. The fraction of sp³-hybridized carbons (Fsp3) is 0.429. The van der Waals surface area contributed by atoms with E-state index in [9.17, 15) is 9.00 Å². The Labute approximate surface area is 71.4 Å². The third-order valence-electron chi connectivity index (χ3n) is 1.24. The molecule has 0 saturated heterocycles. The Bertz CT molecular complexity index is 349. The average Bonchev–Trinajstić information content (AvgIpc) is 2.32. The fourth-order valence-corrected chi connectivity index (χ4v) is 1.17. The summed E-state index contributed by atoms with van der Waals surface area (Å²) in [6, 6.07) is 0. The third kappa shape index (κ3) is 1.79. The lowest BCUT2D eigenvalue weighted by atomic mass is 10.6. The van der Waals surface area contributed by atoms with Crippen LogP contribution in [0.4, 0.5) is 0 Å². The van der Waals surface area contributed by atoms with Crippen LogP contribution in [-0.4, -0.2) is 22.6 Å². The van der Waals surface area contributed by atoms with Crippen LogP contribution in [0.2, 0.25) is 0 Å². The molecule has 0 radical (unpaired) electrons. The van der Waals surface area contributed by atoms with Gasteiger partial charge in [-0.05, 0) is 6.92 Å². The van der Waals surface area contributed by atoms with Crippen molar-refractivity contribution in [1.29, 1.82) is 0 Å². The van der Waals surface area contributed by atoms with Crippen LogP contribution in [-0.2, 0) is 14.1 Å². The van der Waals surface area contributed by atoms with E-state index in [1.807, 2.05) is 0 Å². The highest BCUT2D eigenvalue weighted by Crippen LogP contribution is 2.08. The normalized spacial score (nSPS) is 11.6. The van der Waals surface area contributed by atoms with E-state index in [-0.39, 0.29) is 5.89 Å². The van der Waals surface area contributed by atoms with Gasteiger partial charge in [0.2, 0.25) is 0 Å². The number of aryl methyl sites for hydroxylation is 1. The number of carbonyl (C=O) groups is 1. The first-order valence-corrected chi connectivity index (χ1v) is 5.69. The molecule has 0 saturated carbocycles. The molecular formula is C7H10NO3S+. The Morgan fingerprint density at radius 3 is 2.50 bits per heavy atom. The lowest BCUT2D eigenvalue weighted by Gasteiger charge is -1.92. The number of nitrogens with zero attached hydrogens (tertiary/aromatic N) is 1. The van der Waals surface area contributed by atoms with Gasteiger partial charge < -0.3 is 4.42 Å². The van der Waals surface area contributed by atoms with Gasteiger partial charge in [-0.1, -0.05) is 4.21 Å². The SMILES string of the molecule is Cc1coc(C(=O)[S+](C)(C)=O)n1. The molecule has 0 aromatic carbocycles. The molecule has 0 unspecified atom stereocenters.